The number of carbonyl (C=O) groups is 1. The number of benzene rings is 1. The second-order valence-electron chi connectivity index (χ2n) is 7.02. The van der Waals surface area contributed by atoms with Gasteiger partial charge in [0.1, 0.15) is 0 Å². The molecule has 0 bridgehead atoms. The van der Waals surface area contributed by atoms with Crippen molar-refractivity contribution in [1.29, 1.82) is 0 Å². The van der Waals surface area contributed by atoms with E-state index >= 15 is 0 Å². The van der Waals surface area contributed by atoms with E-state index in [4.69, 9.17) is 4.52 Å². The molecular formula is C19H25N5O2. The summed E-state index contributed by atoms with van der Waals surface area (Å²) in [6.45, 7) is 4.22. The van der Waals surface area contributed by atoms with Crippen LogP contribution in [0.1, 0.15) is 31.6 Å². The highest BCUT2D eigenvalue weighted by atomic mass is 16.5. The van der Waals surface area contributed by atoms with Crippen LogP contribution in [0.15, 0.2) is 34.9 Å². The zero-order chi connectivity index (χ0) is 17.8. The standard InChI is InChI=1S/C19H25N5O2/c25-19(24-12-9-16(14-24)23-10-5-2-6-11-23)20-13-17-21-18(22-26-17)15-7-3-1-4-8-15/h1,3-4,7-8,16H,2,5-6,9-14H2,(H,20,25)/t16-/m0/s1. The van der Waals surface area contributed by atoms with E-state index in [-0.39, 0.29) is 12.6 Å². The summed E-state index contributed by atoms with van der Waals surface area (Å²) in [7, 11) is 0. The van der Waals surface area contributed by atoms with Crippen LogP contribution in [0.2, 0.25) is 0 Å². The van der Waals surface area contributed by atoms with Crippen molar-refractivity contribution < 1.29 is 9.32 Å². The Hall–Kier alpha value is -2.41. The molecule has 2 amide bonds. The summed E-state index contributed by atoms with van der Waals surface area (Å²) in [5.41, 5.74) is 0.901. The molecule has 0 aliphatic carbocycles. The van der Waals surface area contributed by atoms with Gasteiger partial charge in [-0.3, -0.25) is 4.90 Å². The summed E-state index contributed by atoms with van der Waals surface area (Å²) in [6, 6.07) is 10.1. The second kappa shape index (κ2) is 7.86. The SMILES string of the molecule is O=C(NCc1nc(-c2ccccc2)no1)N1CC[C@H](N2CCCCC2)C1. The van der Waals surface area contributed by atoms with Crippen LogP contribution in [0.4, 0.5) is 4.79 Å². The van der Waals surface area contributed by atoms with Gasteiger partial charge < -0.3 is 14.7 Å². The van der Waals surface area contributed by atoms with E-state index in [9.17, 15) is 4.79 Å². The molecule has 2 aliphatic rings. The van der Waals surface area contributed by atoms with E-state index in [1.165, 1.54) is 32.4 Å². The van der Waals surface area contributed by atoms with Crippen LogP contribution in [-0.2, 0) is 6.54 Å². The predicted molar refractivity (Wildman–Crippen MR) is 97.4 cm³/mol. The molecule has 1 N–H and O–H groups in total. The zero-order valence-electron chi connectivity index (χ0n) is 14.9. The molecule has 4 rings (SSSR count). The van der Waals surface area contributed by atoms with E-state index in [1.807, 2.05) is 35.2 Å². The molecule has 2 saturated heterocycles. The zero-order valence-corrected chi connectivity index (χ0v) is 14.9. The van der Waals surface area contributed by atoms with Crippen LogP contribution in [0.3, 0.4) is 0 Å². The molecule has 0 spiro atoms. The number of carbonyl (C=O) groups excluding carboxylic acids is 1. The Morgan fingerprint density at radius 3 is 2.77 bits per heavy atom. The summed E-state index contributed by atoms with van der Waals surface area (Å²) < 4.78 is 5.25. The number of piperidine rings is 1. The van der Waals surface area contributed by atoms with Gasteiger partial charge in [0.05, 0.1) is 6.54 Å². The minimum atomic E-state index is -0.0519. The normalized spacial score (nSPS) is 21.1. The van der Waals surface area contributed by atoms with Crippen LogP contribution in [0.5, 0.6) is 0 Å². The van der Waals surface area contributed by atoms with Crippen molar-refractivity contribution in [3.8, 4) is 11.4 Å². The number of amides is 2. The molecule has 1 aromatic carbocycles. The van der Waals surface area contributed by atoms with Gasteiger partial charge in [-0.1, -0.05) is 41.9 Å². The number of nitrogens with zero attached hydrogens (tertiary/aromatic N) is 4. The van der Waals surface area contributed by atoms with Gasteiger partial charge in [-0.2, -0.15) is 4.98 Å². The fourth-order valence-electron chi connectivity index (χ4n) is 3.80. The number of nitrogens with one attached hydrogen (secondary N) is 1. The van der Waals surface area contributed by atoms with E-state index in [0.717, 1.165) is 25.1 Å². The lowest BCUT2D eigenvalue weighted by Gasteiger charge is -2.32. The first kappa shape index (κ1) is 17.0. The largest absolute Gasteiger partial charge is 0.337 e. The molecule has 0 radical (unpaired) electrons. The number of likely N-dealkylation sites (tertiary alicyclic amines) is 2. The van der Waals surface area contributed by atoms with Gasteiger partial charge in [-0.15, -0.1) is 0 Å². The number of hydrogen-bond donors (Lipinski definition) is 1. The van der Waals surface area contributed by atoms with Crippen molar-refractivity contribution in [2.75, 3.05) is 26.2 Å². The van der Waals surface area contributed by atoms with Gasteiger partial charge >= 0.3 is 6.03 Å². The summed E-state index contributed by atoms with van der Waals surface area (Å²) >= 11 is 0. The Bertz CT molecular complexity index is 727. The van der Waals surface area contributed by atoms with Gasteiger partial charge in [0.15, 0.2) is 0 Å². The fourth-order valence-corrected chi connectivity index (χ4v) is 3.80. The maximum absolute atomic E-state index is 12.4. The second-order valence-corrected chi connectivity index (χ2v) is 7.02. The third-order valence-corrected chi connectivity index (χ3v) is 5.25. The number of rotatable bonds is 4. The van der Waals surface area contributed by atoms with E-state index in [0.29, 0.717) is 17.8 Å². The highest BCUT2D eigenvalue weighted by Gasteiger charge is 2.30. The monoisotopic (exact) mass is 355 g/mol. The molecule has 3 heterocycles. The molecule has 26 heavy (non-hydrogen) atoms. The third kappa shape index (κ3) is 3.88. The van der Waals surface area contributed by atoms with Gasteiger partial charge in [0, 0.05) is 24.7 Å². The van der Waals surface area contributed by atoms with Gasteiger partial charge in [-0.05, 0) is 32.4 Å². The third-order valence-electron chi connectivity index (χ3n) is 5.25. The number of hydrogen-bond acceptors (Lipinski definition) is 5. The number of urea groups is 1. The van der Waals surface area contributed by atoms with Crippen molar-refractivity contribution >= 4 is 6.03 Å². The van der Waals surface area contributed by atoms with E-state index in [1.54, 1.807) is 0 Å². The van der Waals surface area contributed by atoms with E-state index < -0.39 is 0 Å². The minimum absolute atomic E-state index is 0.0519. The summed E-state index contributed by atoms with van der Waals surface area (Å²) in [4.78, 5) is 21.2. The Morgan fingerprint density at radius 2 is 1.96 bits per heavy atom. The molecular weight excluding hydrogens is 330 g/mol. The average Bonchev–Trinajstić information content (AvgIpc) is 3.37. The number of aromatic nitrogens is 2. The molecule has 7 heteroatoms. The average molecular weight is 355 g/mol. The Labute approximate surface area is 153 Å². The maximum atomic E-state index is 12.4. The molecule has 2 aromatic rings. The topological polar surface area (TPSA) is 74.5 Å². The quantitative estimate of drug-likeness (QED) is 0.912. The van der Waals surface area contributed by atoms with Crippen molar-refractivity contribution in [2.45, 2.75) is 38.3 Å². The molecule has 0 saturated carbocycles. The lowest BCUT2D eigenvalue weighted by molar-refractivity contribution is 0.161. The molecule has 138 valence electrons. The van der Waals surface area contributed by atoms with Crippen LogP contribution < -0.4 is 5.32 Å². The van der Waals surface area contributed by atoms with Crippen LogP contribution in [0, 0.1) is 0 Å². The summed E-state index contributed by atoms with van der Waals surface area (Å²) in [5, 5.41) is 6.88. The van der Waals surface area contributed by atoms with Crippen molar-refractivity contribution in [1.82, 2.24) is 25.3 Å². The predicted octanol–water partition coefficient (Wildman–Crippen LogP) is 2.51. The molecule has 0 unspecified atom stereocenters. The molecule has 2 aliphatic heterocycles. The van der Waals surface area contributed by atoms with Crippen molar-refractivity contribution in [3.63, 3.8) is 0 Å². The van der Waals surface area contributed by atoms with E-state index in [2.05, 4.69) is 20.4 Å². The lowest BCUT2D eigenvalue weighted by Crippen LogP contribution is -2.43. The molecule has 1 atom stereocenters. The first-order chi connectivity index (χ1) is 12.8. The highest BCUT2D eigenvalue weighted by molar-refractivity contribution is 5.74. The van der Waals surface area contributed by atoms with Crippen molar-refractivity contribution in [2.24, 2.45) is 0 Å². The van der Waals surface area contributed by atoms with Gasteiger partial charge in [0.2, 0.25) is 11.7 Å². The first-order valence-electron chi connectivity index (χ1n) is 9.44. The summed E-state index contributed by atoms with van der Waals surface area (Å²) in [5.74, 6) is 0.963. The molecule has 7 nitrogen and oxygen atoms in total. The highest BCUT2D eigenvalue weighted by Crippen LogP contribution is 2.20. The Morgan fingerprint density at radius 1 is 1.15 bits per heavy atom. The maximum Gasteiger partial charge on any atom is 0.317 e. The van der Waals surface area contributed by atoms with Gasteiger partial charge in [0.25, 0.3) is 0 Å². The Kier molecular flexibility index (Phi) is 5.15. The van der Waals surface area contributed by atoms with Gasteiger partial charge in [-0.25, -0.2) is 4.79 Å². The fraction of sp³-hybridized carbons (Fsp3) is 0.526. The lowest BCUT2D eigenvalue weighted by atomic mass is 10.1. The summed E-state index contributed by atoms with van der Waals surface area (Å²) in [6.07, 6.45) is 4.96. The molecule has 1 aromatic heterocycles. The molecule has 2 fully saturated rings. The van der Waals surface area contributed by atoms with Crippen LogP contribution >= 0.6 is 0 Å². The van der Waals surface area contributed by atoms with Crippen molar-refractivity contribution in [3.05, 3.63) is 36.2 Å². The van der Waals surface area contributed by atoms with Crippen LogP contribution in [-0.4, -0.2) is 58.2 Å². The Balaban J connectivity index is 1.27. The minimum Gasteiger partial charge on any atom is -0.337 e. The van der Waals surface area contributed by atoms with Crippen LogP contribution in [0.25, 0.3) is 11.4 Å². The smallest absolute Gasteiger partial charge is 0.317 e. The first-order valence-corrected chi connectivity index (χ1v) is 9.44.